The summed E-state index contributed by atoms with van der Waals surface area (Å²) in [4.78, 5) is 12.7. The molecule has 5 rings (SSSR count). The van der Waals surface area contributed by atoms with Crippen LogP contribution in [0.5, 0.6) is 11.5 Å². The zero-order valence-electron chi connectivity index (χ0n) is 12.8. The van der Waals surface area contributed by atoms with Gasteiger partial charge in [-0.15, -0.1) is 0 Å². The van der Waals surface area contributed by atoms with Crippen molar-refractivity contribution >= 4 is 51.2 Å². The number of benzene rings is 3. The van der Waals surface area contributed by atoms with Crippen molar-refractivity contribution < 1.29 is 14.3 Å². The van der Waals surface area contributed by atoms with E-state index >= 15 is 0 Å². The number of esters is 1. The molecule has 0 amide bonds. The molecule has 25 heavy (non-hydrogen) atoms. The van der Waals surface area contributed by atoms with Gasteiger partial charge in [0.25, 0.3) is 0 Å². The minimum atomic E-state index is -0.959. The van der Waals surface area contributed by atoms with Gasteiger partial charge in [0.15, 0.2) is 5.60 Å². The SMILES string of the molecule is O=C1OC2(c3ccccc31)c1cccc(I)c1Oc1c(I)cccc12. The summed E-state index contributed by atoms with van der Waals surface area (Å²) >= 11 is 4.52. The molecule has 0 radical (unpaired) electrons. The molecular formula is C20H10I2O3. The van der Waals surface area contributed by atoms with E-state index in [4.69, 9.17) is 9.47 Å². The second-order valence-electron chi connectivity index (χ2n) is 5.95. The molecule has 3 aromatic carbocycles. The van der Waals surface area contributed by atoms with Gasteiger partial charge >= 0.3 is 5.97 Å². The topological polar surface area (TPSA) is 35.5 Å². The van der Waals surface area contributed by atoms with Gasteiger partial charge in [-0.05, 0) is 63.4 Å². The Morgan fingerprint density at radius 1 is 0.720 bits per heavy atom. The smallest absolute Gasteiger partial charge is 0.340 e. The molecule has 122 valence electrons. The Morgan fingerprint density at radius 3 is 1.92 bits per heavy atom. The van der Waals surface area contributed by atoms with E-state index in [-0.39, 0.29) is 5.97 Å². The van der Waals surface area contributed by atoms with Crippen LogP contribution in [0.25, 0.3) is 0 Å². The summed E-state index contributed by atoms with van der Waals surface area (Å²) in [5.74, 6) is 1.21. The second-order valence-corrected chi connectivity index (χ2v) is 8.28. The van der Waals surface area contributed by atoms with E-state index in [1.54, 1.807) is 0 Å². The standard InChI is InChI=1S/C20H10I2O3/c21-15-9-3-7-13-17(15)24-18-14(8-4-10-16(18)22)20(13)12-6-2-1-5-11(12)19(23)25-20/h1-10H. The lowest BCUT2D eigenvalue weighted by molar-refractivity contribution is 0.0223. The third-order valence-electron chi connectivity index (χ3n) is 4.67. The monoisotopic (exact) mass is 552 g/mol. The summed E-state index contributed by atoms with van der Waals surface area (Å²) in [6, 6.07) is 19.5. The minimum absolute atomic E-state index is 0.299. The van der Waals surface area contributed by atoms with Gasteiger partial charge in [0.05, 0.1) is 12.7 Å². The zero-order valence-corrected chi connectivity index (χ0v) is 17.1. The van der Waals surface area contributed by atoms with E-state index in [9.17, 15) is 4.79 Å². The van der Waals surface area contributed by atoms with Gasteiger partial charge in [0, 0.05) is 16.7 Å². The van der Waals surface area contributed by atoms with Crippen LogP contribution >= 0.6 is 45.2 Å². The fourth-order valence-electron chi connectivity index (χ4n) is 3.64. The Morgan fingerprint density at radius 2 is 1.28 bits per heavy atom. The fourth-order valence-corrected chi connectivity index (χ4v) is 4.86. The van der Waals surface area contributed by atoms with E-state index in [0.717, 1.165) is 35.3 Å². The maximum absolute atomic E-state index is 12.7. The van der Waals surface area contributed by atoms with Crippen molar-refractivity contribution in [2.24, 2.45) is 0 Å². The first-order valence-electron chi connectivity index (χ1n) is 7.71. The predicted octanol–water partition coefficient (Wildman–Crippen LogP) is 5.46. The maximum Gasteiger partial charge on any atom is 0.340 e. The average Bonchev–Trinajstić information content (AvgIpc) is 2.91. The number of carbonyl (C=O) groups is 1. The molecule has 5 heteroatoms. The molecular weight excluding hydrogens is 542 g/mol. The largest absolute Gasteiger partial charge is 0.454 e. The number of hydrogen-bond acceptors (Lipinski definition) is 3. The Kier molecular flexibility index (Phi) is 3.40. The van der Waals surface area contributed by atoms with E-state index < -0.39 is 5.60 Å². The number of fused-ring (bicyclic) bond motifs is 6. The Bertz CT molecular complexity index is 1010. The lowest BCUT2D eigenvalue weighted by atomic mass is 9.78. The summed E-state index contributed by atoms with van der Waals surface area (Å²) in [6.07, 6.45) is 0. The molecule has 0 saturated heterocycles. The average molecular weight is 552 g/mol. The highest BCUT2D eigenvalue weighted by atomic mass is 127. The van der Waals surface area contributed by atoms with Gasteiger partial charge in [0.1, 0.15) is 11.5 Å². The predicted molar refractivity (Wildman–Crippen MR) is 110 cm³/mol. The van der Waals surface area contributed by atoms with Crippen LogP contribution in [0.4, 0.5) is 0 Å². The molecule has 2 aliphatic heterocycles. The first-order valence-corrected chi connectivity index (χ1v) is 9.87. The molecule has 1 spiro atoms. The maximum atomic E-state index is 12.7. The highest BCUT2D eigenvalue weighted by molar-refractivity contribution is 14.1. The lowest BCUT2D eigenvalue weighted by Gasteiger charge is -2.37. The molecule has 0 unspecified atom stereocenters. The van der Waals surface area contributed by atoms with Gasteiger partial charge in [-0.25, -0.2) is 4.79 Å². The minimum Gasteiger partial charge on any atom is -0.454 e. The van der Waals surface area contributed by atoms with Gasteiger partial charge in [0.2, 0.25) is 0 Å². The molecule has 0 atom stereocenters. The number of ether oxygens (including phenoxy) is 2. The Labute approximate surface area is 171 Å². The normalized spacial score (nSPS) is 15.8. The van der Waals surface area contributed by atoms with E-state index in [2.05, 4.69) is 45.2 Å². The second kappa shape index (κ2) is 5.44. The van der Waals surface area contributed by atoms with E-state index in [1.165, 1.54) is 0 Å². The molecule has 0 bridgehead atoms. The van der Waals surface area contributed by atoms with Crippen molar-refractivity contribution in [2.45, 2.75) is 5.60 Å². The van der Waals surface area contributed by atoms with Crippen LogP contribution in [-0.4, -0.2) is 5.97 Å². The van der Waals surface area contributed by atoms with Crippen molar-refractivity contribution in [1.29, 1.82) is 0 Å². The van der Waals surface area contributed by atoms with Crippen molar-refractivity contribution in [3.63, 3.8) is 0 Å². The molecule has 0 aliphatic carbocycles. The van der Waals surface area contributed by atoms with Crippen LogP contribution in [0, 0.1) is 7.14 Å². The van der Waals surface area contributed by atoms with Crippen LogP contribution in [0.3, 0.4) is 0 Å². The van der Waals surface area contributed by atoms with Gasteiger partial charge < -0.3 is 9.47 Å². The molecule has 3 aromatic rings. The third kappa shape index (κ3) is 1.99. The first-order chi connectivity index (χ1) is 12.1. The van der Waals surface area contributed by atoms with Crippen molar-refractivity contribution in [2.75, 3.05) is 0 Å². The van der Waals surface area contributed by atoms with Crippen molar-refractivity contribution in [3.05, 3.63) is 90.1 Å². The highest BCUT2D eigenvalue weighted by Crippen LogP contribution is 2.57. The zero-order chi connectivity index (χ0) is 17.2. The van der Waals surface area contributed by atoms with Crippen LogP contribution < -0.4 is 4.74 Å². The molecule has 3 nitrogen and oxygen atoms in total. The Balaban J connectivity index is 1.96. The van der Waals surface area contributed by atoms with Gasteiger partial charge in [-0.2, -0.15) is 0 Å². The van der Waals surface area contributed by atoms with Crippen molar-refractivity contribution in [1.82, 2.24) is 0 Å². The quantitative estimate of drug-likeness (QED) is 0.275. The number of hydrogen-bond donors (Lipinski definition) is 0. The number of carbonyl (C=O) groups excluding carboxylic acids is 1. The molecule has 0 N–H and O–H groups in total. The lowest BCUT2D eigenvalue weighted by Crippen LogP contribution is -2.33. The van der Waals surface area contributed by atoms with E-state index in [0.29, 0.717) is 5.56 Å². The van der Waals surface area contributed by atoms with Crippen LogP contribution in [0.1, 0.15) is 27.0 Å². The van der Waals surface area contributed by atoms with Gasteiger partial charge in [-0.3, -0.25) is 0 Å². The summed E-state index contributed by atoms with van der Waals surface area (Å²) in [7, 11) is 0. The van der Waals surface area contributed by atoms with Crippen LogP contribution in [0.2, 0.25) is 0 Å². The first kappa shape index (κ1) is 15.6. The fraction of sp³-hybridized carbons (Fsp3) is 0.0500. The summed E-state index contributed by atoms with van der Waals surface area (Å²) < 4.78 is 14.3. The highest BCUT2D eigenvalue weighted by Gasteiger charge is 2.53. The molecule has 2 heterocycles. The third-order valence-corrected chi connectivity index (χ3v) is 6.37. The van der Waals surface area contributed by atoms with Crippen LogP contribution in [-0.2, 0) is 10.3 Å². The summed E-state index contributed by atoms with van der Waals surface area (Å²) in [6.45, 7) is 0. The van der Waals surface area contributed by atoms with Gasteiger partial charge in [-0.1, -0.05) is 42.5 Å². The van der Waals surface area contributed by atoms with Crippen LogP contribution in [0.15, 0.2) is 60.7 Å². The molecule has 0 saturated carbocycles. The summed E-state index contributed by atoms with van der Waals surface area (Å²) in [5.41, 5.74) is 2.26. The summed E-state index contributed by atoms with van der Waals surface area (Å²) in [5, 5.41) is 0. The van der Waals surface area contributed by atoms with Crippen molar-refractivity contribution in [3.8, 4) is 11.5 Å². The number of halogens is 2. The van der Waals surface area contributed by atoms with E-state index in [1.807, 2.05) is 60.7 Å². The molecule has 0 fully saturated rings. The molecule has 0 aromatic heterocycles. The number of rotatable bonds is 0. The number of para-hydroxylation sites is 2. The molecule has 2 aliphatic rings. The Hall–Kier alpha value is -1.61.